The molecule has 6 heteroatoms. The van der Waals surface area contributed by atoms with E-state index in [0.29, 0.717) is 0 Å². The molecule has 5 nitrogen and oxygen atoms in total. The predicted octanol–water partition coefficient (Wildman–Crippen LogP) is 4.12. The van der Waals surface area contributed by atoms with Crippen molar-refractivity contribution in [3.63, 3.8) is 0 Å². The molecule has 3 N–H and O–H groups in total. The van der Waals surface area contributed by atoms with Crippen LogP contribution in [0, 0.1) is 6.92 Å². The summed E-state index contributed by atoms with van der Waals surface area (Å²) < 4.78 is 5.67. The molecule has 1 aliphatic rings. The lowest BCUT2D eigenvalue weighted by molar-refractivity contribution is 0.0511. The number of benzene rings is 2. The molecule has 1 atom stereocenters. The Morgan fingerprint density at radius 2 is 1.71 bits per heavy atom. The molecular formula is C25H36IN3O2. The van der Waals surface area contributed by atoms with E-state index in [4.69, 9.17) is 9.73 Å². The van der Waals surface area contributed by atoms with Crippen LogP contribution in [0.2, 0.25) is 0 Å². The van der Waals surface area contributed by atoms with E-state index >= 15 is 0 Å². The van der Waals surface area contributed by atoms with E-state index in [0.717, 1.165) is 50.7 Å². The summed E-state index contributed by atoms with van der Waals surface area (Å²) in [4.78, 5) is 4.71. The van der Waals surface area contributed by atoms with Crippen LogP contribution < -0.4 is 10.6 Å². The number of hydrogen-bond donors (Lipinski definition) is 3. The van der Waals surface area contributed by atoms with Gasteiger partial charge in [0.05, 0.1) is 6.54 Å². The fraction of sp³-hybridized carbons (Fsp3) is 0.480. The number of nitrogens with one attached hydrogen (secondary N) is 2. The van der Waals surface area contributed by atoms with Gasteiger partial charge in [-0.05, 0) is 50.3 Å². The van der Waals surface area contributed by atoms with E-state index in [-0.39, 0.29) is 35.9 Å². The Morgan fingerprint density at radius 3 is 2.35 bits per heavy atom. The summed E-state index contributed by atoms with van der Waals surface area (Å²) >= 11 is 0. The largest absolute Gasteiger partial charge is 0.384 e. The molecule has 1 heterocycles. The first-order valence-electron chi connectivity index (χ1n) is 10.9. The number of guanidine groups is 1. The van der Waals surface area contributed by atoms with Gasteiger partial charge in [0.15, 0.2) is 5.96 Å². The van der Waals surface area contributed by atoms with Crippen molar-refractivity contribution < 1.29 is 9.84 Å². The fourth-order valence-electron chi connectivity index (χ4n) is 4.19. The second-order valence-electron chi connectivity index (χ2n) is 8.40. The number of aliphatic hydroxyl groups is 1. The van der Waals surface area contributed by atoms with E-state index in [9.17, 15) is 5.11 Å². The maximum absolute atomic E-state index is 10.9. The van der Waals surface area contributed by atoms with Gasteiger partial charge < -0.3 is 20.5 Å². The summed E-state index contributed by atoms with van der Waals surface area (Å²) in [5.74, 6) is 0.730. The molecule has 31 heavy (non-hydrogen) atoms. The van der Waals surface area contributed by atoms with Gasteiger partial charge in [0, 0.05) is 31.7 Å². The summed E-state index contributed by atoms with van der Waals surface area (Å²) in [6.45, 7) is 9.41. The van der Waals surface area contributed by atoms with Crippen LogP contribution in [0.4, 0.5) is 0 Å². The lowest BCUT2D eigenvalue weighted by Gasteiger charge is -2.39. The molecule has 170 valence electrons. The molecule has 0 amide bonds. The predicted molar refractivity (Wildman–Crippen MR) is 138 cm³/mol. The molecule has 2 aromatic rings. The normalized spacial score (nSPS) is 17.9. The highest BCUT2D eigenvalue weighted by Crippen LogP contribution is 2.36. The SMILES string of the molecule is CCNC(=NCC(C)(O)c1ccccc1)NCC1(c2ccccc2C)CCOCC1.I. The first-order valence-corrected chi connectivity index (χ1v) is 10.9. The van der Waals surface area contributed by atoms with Crippen LogP contribution in [-0.2, 0) is 15.8 Å². The van der Waals surface area contributed by atoms with Crippen molar-refractivity contribution in [1.29, 1.82) is 0 Å². The summed E-state index contributed by atoms with van der Waals surface area (Å²) in [7, 11) is 0. The highest BCUT2D eigenvalue weighted by atomic mass is 127. The average Bonchev–Trinajstić information content (AvgIpc) is 2.77. The van der Waals surface area contributed by atoms with Crippen LogP contribution in [0.5, 0.6) is 0 Å². The van der Waals surface area contributed by atoms with Crippen molar-refractivity contribution in [2.75, 3.05) is 32.8 Å². The highest BCUT2D eigenvalue weighted by molar-refractivity contribution is 14.0. The number of nitrogens with zero attached hydrogens (tertiary/aromatic N) is 1. The van der Waals surface area contributed by atoms with E-state index in [1.54, 1.807) is 0 Å². The Hall–Kier alpha value is -1.64. The molecule has 1 saturated heterocycles. The van der Waals surface area contributed by atoms with Crippen LogP contribution >= 0.6 is 24.0 Å². The Labute approximate surface area is 203 Å². The van der Waals surface area contributed by atoms with Gasteiger partial charge in [-0.2, -0.15) is 0 Å². The van der Waals surface area contributed by atoms with Crippen LogP contribution in [0.3, 0.4) is 0 Å². The summed E-state index contributed by atoms with van der Waals surface area (Å²) in [5, 5.41) is 17.8. The van der Waals surface area contributed by atoms with Crippen molar-refractivity contribution >= 4 is 29.9 Å². The quantitative estimate of drug-likeness (QED) is 0.283. The molecule has 1 aliphatic heterocycles. The van der Waals surface area contributed by atoms with Gasteiger partial charge in [-0.25, -0.2) is 4.99 Å². The van der Waals surface area contributed by atoms with Crippen LogP contribution in [0.15, 0.2) is 59.6 Å². The number of aliphatic imine (C=N–C) groups is 1. The van der Waals surface area contributed by atoms with Gasteiger partial charge in [0.1, 0.15) is 5.60 Å². The van der Waals surface area contributed by atoms with E-state index < -0.39 is 5.60 Å². The Bertz CT molecular complexity index is 834. The molecule has 3 rings (SSSR count). The number of hydrogen-bond acceptors (Lipinski definition) is 3. The van der Waals surface area contributed by atoms with Crippen LogP contribution in [0.1, 0.15) is 43.4 Å². The third-order valence-corrected chi connectivity index (χ3v) is 6.05. The summed E-state index contributed by atoms with van der Waals surface area (Å²) in [5.41, 5.74) is 2.56. The van der Waals surface area contributed by atoms with E-state index in [1.807, 2.05) is 37.3 Å². The lowest BCUT2D eigenvalue weighted by atomic mass is 9.72. The van der Waals surface area contributed by atoms with Crippen LogP contribution in [-0.4, -0.2) is 43.9 Å². The Balaban J connectivity index is 0.00000341. The summed E-state index contributed by atoms with van der Waals surface area (Å²) in [6, 6.07) is 18.3. The number of halogens is 1. The minimum Gasteiger partial charge on any atom is -0.384 e. The molecule has 0 radical (unpaired) electrons. The van der Waals surface area contributed by atoms with Gasteiger partial charge in [-0.1, -0.05) is 54.6 Å². The highest BCUT2D eigenvalue weighted by Gasteiger charge is 2.35. The maximum atomic E-state index is 10.9. The molecule has 2 aromatic carbocycles. The van der Waals surface area contributed by atoms with E-state index in [1.165, 1.54) is 11.1 Å². The second kappa shape index (κ2) is 11.8. The zero-order valence-corrected chi connectivity index (χ0v) is 21.2. The molecule has 0 aliphatic carbocycles. The molecular weight excluding hydrogens is 501 g/mol. The van der Waals surface area contributed by atoms with Gasteiger partial charge >= 0.3 is 0 Å². The van der Waals surface area contributed by atoms with Gasteiger partial charge in [-0.3, -0.25) is 0 Å². The van der Waals surface area contributed by atoms with Gasteiger partial charge in [0.25, 0.3) is 0 Å². The van der Waals surface area contributed by atoms with Gasteiger partial charge in [-0.15, -0.1) is 24.0 Å². The number of ether oxygens (including phenoxy) is 1. The zero-order chi connectivity index (χ0) is 21.5. The Morgan fingerprint density at radius 1 is 1.06 bits per heavy atom. The smallest absolute Gasteiger partial charge is 0.191 e. The van der Waals surface area contributed by atoms with Crippen LogP contribution in [0.25, 0.3) is 0 Å². The number of aryl methyl sites for hydroxylation is 1. The second-order valence-corrected chi connectivity index (χ2v) is 8.40. The first kappa shape index (κ1) is 25.6. The van der Waals surface area contributed by atoms with Crippen molar-refractivity contribution in [2.24, 2.45) is 4.99 Å². The van der Waals surface area contributed by atoms with Crippen molar-refractivity contribution in [3.8, 4) is 0 Å². The molecule has 1 unspecified atom stereocenters. The first-order chi connectivity index (χ1) is 14.5. The molecule has 0 saturated carbocycles. The molecule has 0 spiro atoms. The van der Waals surface area contributed by atoms with Crippen molar-refractivity contribution in [3.05, 3.63) is 71.3 Å². The summed E-state index contributed by atoms with van der Waals surface area (Å²) in [6.07, 6.45) is 1.96. The minimum atomic E-state index is -1.02. The third kappa shape index (κ3) is 6.67. The number of rotatable bonds is 7. The zero-order valence-electron chi connectivity index (χ0n) is 18.9. The standard InChI is InChI=1S/C25H35N3O2.HI/c1-4-26-23(27-18-24(3,29)21-11-6-5-7-12-21)28-19-25(14-16-30-17-15-25)22-13-9-8-10-20(22)2;/h5-13,29H,4,14-19H2,1-3H3,(H2,26,27,28);1H. The molecule has 1 fully saturated rings. The average molecular weight is 537 g/mol. The maximum Gasteiger partial charge on any atom is 0.191 e. The Kier molecular flexibility index (Phi) is 9.78. The topological polar surface area (TPSA) is 65.9 Å². The van der Waals surface area contributed by atoms with Gasteiger partial charge in [0.2, 0.25) is 0 Å². The minimum absolute atomic E-state index is 0. The fourth-order valence-corrected chi connectivity index (χ4v) is 4.19. The van der Waals surface area contributed by atoms with Crippen molar-refractivity contribution in [2.45, 2.75) is 44.6 Å². The van der Waals surface area contributed by atoms with E-state index in [2.05, 4.69) is 48.7 Å². The monoisotopic (exact) mass is 537 g/mol. The molecule has 0 aromatic heterocycles. The van der Waals surface area contributed by atoms with Crippen molar-refractivity contribution in [1.82, 2.24) is 10.6 Å². The lowest BCUT2D eigenvalue weighted by Crippen LogP contribution is -2.48. The molecule has 0 bridgehead atoms. The third-order valence-electron chi connectivity index (χ3n) is 6.05.